The van der Waals surface area contributed by atoms with Crippen LogP contribution in [-0.4, -0.2) is 17.7 Å². The van der Waals surface area contributed by atoms with Crippen LogP contribution in [-0.2, 0) is 6.61 Å². The average molecular weight is 341 g/mol. The van der Waals surface area contributed by atoms with E-state index in [1.165, 1.54) is 12.1 Å². The number of hydrogen-bond acceptors (Lipinski definition) is 3. The van der Waals surface area contributed by atoms with Crippen molar-refractivity contribution in [2.24, 2.45) is 0 Å². The Morgan fingerprint density at radius 1 is 1.09 bits per heavy atom. The van der Waals surface area contributed by atoms with Crippen LogP contribution < -0.4 is 9.47 Å². The summed E-state index contributed by atoms with van der Waals surface area (Å²) in [7, 11) is 0. The van der Waals surface area contributed by atoms with E-state index in [1.807, 2.05) is 6.92 Å². The Morgan fingerprint density at radius 3 is 2.36 bits per heavy atom. The first-order valence-corrected chi connectivity index (χ1v) is 7.34. The number of hydrogen-bond donors (Lipinski definition) is 1. The summed E-state index contributed by atoms with van der Waals surface area (Å²) in [4.78, 5) is 11.0. The molecule has 0 saturated carbocycles. The first-order valence-electron chi connectivity index (χ1n) is 6.58. The van der Waals surface area contributed by atoms with Crippen molar-refractivity contribution in [2.75, 3.05) is 6.61 Å². The van der Waals surface area contributed by atoms with Gasteiger partial charge in [-0.25, -0.2) is 4.79 Å². The summed E-state index contributed by atoms with van der Waals surface area (Å²) in [6.45, 7) is 2.36. The van der Waals surface area contributed by atoms with Gasteiger partial charge >= 0.3 is 5.97 Å². The van der Waals surface area contributed by atoms with Crippen molar-refractivity contribution in [1.29, 1.82) is 0 Å². The van der Waals surface area contributed by atoms with E-state index in [4.69, 9.17) is 37.8 Å². The summed E-state index contributed by atoms with van der Waals surface area (Å²) in [5, 5.41) is 10.0. The molecule has 0 radical (unpaired) electrons. The van der Waals surface area contributed by atoms with E-state index < -0.39 is 5.97 Å². The fraction of sp³-hybridized carbons (Fsp3) is 0.188. The molecule has 0 aromatic heterocycles. The molecular formula is C16H14Cl2O4. The second kappa shape index (κ2) is 7.38. The minimum absolute atomic E-state index is 0.131. The monoisotopic (exact) mass is 340 g/mol. The predicted molar refractivity (Wildman–Crippen MR) is 85.4 cm³/mol. The Balaban J connectivity index is 2.23. The van der Waals surface area contributed by atoms with Crippen LogP contribution in [0.1, 0.15) is 22.8 Å². The predicted octanol–water partition coefficient (Wildman–Crippen LogP) is 4.67. The van der Waals surface area contributed by atoms with Gasteiger partial charge in [0, 0.05) is 15.6 Å². The normalized spacial score (nSPS) is 10.3. The number of halogens is 2. The Hall–Kier alpha value is -1.91. The quantitative estimate of drug-likeness (QED) is 0.830. The molecule has 0 saturated heterocycles. The molecule has 2 aromatic carbocycles. The van der Waals surface area contributed by atoms with Gasteiger partial charge in [-0.2, -0.15) is 0 Å². The zero-order valence-electron chi connectivity index (χ0n) is 11.8. The molecule has 22 heavy (non-hydrogen) atoms. The van der Waals surface area contributed by atoms with Gasteiger partial charge in [0.1, 0.15) is 6.61 Å². The highest BCUT2D eigenvalue weighted by atomic mass is 35.5. The Morgan fingerprint density at radius 2 is 1.77 bits per heavy atom. The van der Waals surface area contributed by atoms with Gasteiger partial charge in [-0.1, -0.05) is 29.3 Å². The second-order valence-electron chi connectivity index (χ2n) is 4.39. The number of ether oxygens (including phenoxy) is 2. The zero-order valence-corrected chi connectivity index (χ0v) is 13.3. The molecule has 0 atom stereocenters. The van der Waals surface area contributed by atoms with E-state index in [-0.39, 0.29) is 12.2 Å². The fourth-order valence-electron chi connectivity index (χ4n) is 1.85. The lowest BCUT2D eigenvalue weighted by atomic mass is 10.2. The van der Waals surface area contributed by atoms with Crippen molar-refractivity contribution in [3.8, 4) is 11.5 Å². The summed E-state index contributed by atoms with van der Waals surface area (Å²) >= 11 is 12.2. The van der Waals surface area contributed by atoms with Gasteiger partial charge in [-0.05, 0) is 37.3 Å². The number of rotatable bonds is 6. The number of aromatic carboxylic acids is 1. The van der Waals surface area contributed by atoms with Crippen LogP contribution in [0.15, 0.2) is 36.4 Å². The van der Waals surface area contributed by atoms with Crippen LogP contribution in [0.5, 0.6) is 11.5 Å². The fourth-order valence-corrected chi connectivity index (χ4v) is 2.36. The SMILES string of the molecule is CCOc1cc(C(=O)O)ccc1OCc1c(Cl)cccc1Cl. The van der Waals surface area contributed by atoms with Crippen molar-refractivity contribution in [1.82, 2.24) is 0 Å². The summed E-state index contributed by atoms with van der Waals surface area (Å²) in [5.41, 5.74) is 0.794. The molecule has 0 fully saturated rings. The maximum atomic E-state index is 11.0. The third-order valence-corrected chi connectivity index (χ3v) is 3.63. The minimum Gasteiger partial charge on any atom is -0.490 e. The molecule has 116 valence electrons. The molecule has 0 aliphatic rings. The molecule has 0 aliphatic heterocycles. The maximum absolute atomic E-state index is 11.0. The summed E-state index contributed by atoms with van der Waals surface area (Å²) in [6.07, 6.45) is 0. The minimum atomic E-state index is -1.03. The molecule has 0 heterocycles. The molecular weight excluding hydrogens is 327 g/mol. The molecule has 0 unspecified atom stereocenters. The van der Waals surface area contributed by atoms with Gasteiger partial charge in [0.2, 0.25) is 0 Å². The maximum Gasteiger partial charge on any atom is 0.335 e. The molecule has 0 amide bonds. The van der Waals surface area contributed by atoms with Gasteiger partial charge < -0.3 is 14.6 Å². The molecule has 4 nitrogen and oxygen atoms in total. The Bertz CT molecular complexity index is 666. The van der Waals surface area contributed by atoms with Gasteiger partial charge in [0.15, 0.2) is 11.5 Å². The topological polar surface area (TPSA) is 55.8 Å². The Kier molecular flexibility index (Phi) is 5.52. The largest absolute Gasteiger partial charge is 0.490 e. The molecule has 2 rings (SSSR count). The van der Waals surface area contributed by atoms with Crippen LogP contribution >= 0.6 is 23.2 Å². The van der Waals surface area contributed by atoms with E-state index in [0.717, 1.165) is 0 Å². The zero-order chi connectivity index (χ0) is 16.1. The molecule has 6 heteroatoms. The van der Waals surface area contributed by atoms with Crippen molar-refractivity contribution in [3.05, 3.63) is 57.6 Å². The highest BCUT2D eigenvalue weighted by Gasteiger charge is 2.12. The standard InChI is InChI=1S/C16H14Cl2O4/c1-2-21-15-8-10(16(19)20)6-7-14(15)22-9-11-12(17)4-3-5-13(11)18/h3-8H,2,9H2,1H3,(H,19,20). The van der Waals surface area contributed by atoms with E-state index in [9.17, 15) is 4.79 Å². The third kappa shape index (κ3) is 3.84. The van der Waals surface area contributed by atoms with Gasteiger partial charge in [0.05, 0.1) is 12.2 Å². The lowest BCUT2D eigenvalue weighted by Crippen LogP contribution is -2.03. The van der Waals surface area contributed by atoms with Crippen LogP contribution in [0, 0.1) is 0 Å². The molecule has 0 bridgehead atoms. The number of carboxylic acids is 1. The van der Waals surface area contributed by atoms with E-state index >= 15 is 0 Å². The van der Waals surface area contributed by atoms with Gasteiger partial charge in [-0.15, -0.1) is 0 Å². The third-order valence-electron chi connectivity index (χ3n) is 2.92. The first-order chi connectivity index (χ1) is 10.5. The van der Waals surface area contributed by atoms with Crippen LogP contribution in [0.2, 0.25) is 10.0 Å². The lowest BCUT2D eigenvalue weighted by Gasteiger charge is -2.14. The van der Waals surface area contributed by atoms with Crippen molar-refractivity contribution < 1.29 is 19.4 Å². The van der Waals surface area contributed by atoms with E-state index in [2.05, 4.69) is 0 Å². The summed E-state index contributed by atoms with van der Waals surface area (Å²) in [5.74, 6) is -0.227. The lowest BCUT2D eigenvalue weighted by molar-refractivity contribution is 0.0696. The smallest absolute Gasteiger partial charge is 0.335 e. The second-order valence-corrected chi connectivity index (χ2v) is 5.20. The molecule has 2 aromatic rings. The van der Waals surface area contributed by atoms with Crippen LogP contribution in [0.3, 0.4) is 0 Å². The highest BCUT2D eigenvalue weighted by molar-refractivity contribution is 6.35. The highest BCUT2D eigenvalue weighted by Crippen LogP contribution is 2.31. The summed E-state index contributed by atoms with van der Waals surface area (Å²) < 4.78 is 11.1. The molecule has 1 N–H and O–H groups in total. The van der Waals surface area contributed by atoms with E-state index in [0.29, 0.717) is 33.7 Å². The van der Waals surface area contributed by atoms with Crippen molar-refractivity contribution in [2.45, 2.75) is 13.5 Å². The van der Waals surface area contributed by atoms with Crippen molar-refractivity contribution in [3.63, 3.8) is 0 Å². The Labute approximate surface area is 138 Å². The van der Waals surface area contributed by atoms with Crippen LogP contribution in [0.4, 0.5) is 0 Å². The van der Waals surface area contributed by atoms with E-state index in [1.54, 1.807) is 24.3 Å². The van der Waals surface area contributed by atoms with Gasteiger partial charge in [0.25, 0.3) is 0 Å². The molecule has 0 aliphatic carbocycles. The average Bonchev–Trinajstić information content (AvgIpc) is 2.48. The first kappa shape index (κ1) is 16.5. The van der Waals surface area contributed by atoms with Gasteiger partial charge in [-0.3, -0.25) is 0 Å². The number of benzene rings is 2. The summed E-state index contributed by atoms with van der Waals surface area (Å²) in [6, 6.07) is 9.64. The molecule has 0 spiro atoms. The van der Waals surface area contributed by atoms with Crippen LogP contribution in [0.25, 0.3) is 0 Å². The number of carbonyl (C=O) groups is 1. The number of carboxylic acid groups (broad SMARTS) is 1. The van der Waals surface area contributed by atoms with Crippen molar-refractivity contribution >= 4 is 29.2 Å².